The van der Waals surface area contributed by atoms with Crippen molar-refractivity contribution in [3.8, 4) is 0 Å². The van der Waals surface area contributed by atoms with Crippen LogP contribution in [0.25, 0.3) is 0 Å². The SMILES string of the molecule is CNc1cc(C(=O)Nc2ncc[nH]2)cc(C(C)(C)C)n1. The third kappa shape index (κ3) is 3.14. The van der Waals surface area contributed by atoms with Gasteiger partial charge in [0.15, 0.2) is 0 Å². The van der Waals surface area contributed by atoms with E-state index in [1.165, 1.54) is 0 Å². The number of amides is 1. The molecule has 0 unspecified atom stereocenters. The van der Waals surface area contributed by atoms with Gasteiger partial charge in [-0.3, -0.25) is 10.1 Å². The number of aromatic nitrogens is 3. The monoisotopic (exact) mass is 273 g/mol. The molecule has 0 aliphatic heterocycles. The van der Waals surface area contributed by atoms with Gasteiger partial charge in [0.25, 0.3) is 5.91 Å². The lowest BCUT2D eigenvalue weighted by Crippen LogP contribution is -2.18. The smallest absolute Gasteiger partial charge is 0.258 e. The maximum absolute atomic E-state index is 12.2. The third-order valence-electron chi connectivity index (χ3n) is 2.84. The van der Waals surface area contributed by atoms with Gasteiger partial charge in [0, 0.05) is 36.1 Å². The maximum Gasteiger partial charge on any atom is 0.258 e. The summed E-state index contributed by atoms with van der Waals surface area (Å²) in [7, 11) is 1.78. The molecule has 0 aromatic carbocycles. The Morgan fingerprint density at radius 1 is 1.30 bits per heavy atom. The van der Waals surface area contributed by atoms with Gasteiger partial charge in [-0.2, -0.15) is 0 Å². The molecule has 0 radical (unpaired) electrons. The number of carbonyl (C=O) groups excluding carboxylic acids is 1. The highest BCUT2D eigenvalue weighted by atomic mass is 16.1. The van der Waals surface area contributed by atoms with Crippen LogP contribution in [0.3, 0.4) is 0 Å². The second-order valence-electron chi connectivity index (χ2n) is 5.52. The van der Waals surface area contributed by atoms with Gasteiger partial charge in [-0.05, 0) is 12.1 Å². The van der Waals surface area contributed by atoms with Crippen molar-refractivity contribution in [2.75, 3.05) is 17.7 Å². The molecule has 0 aliphatic rings. The molecule has 6 heteroatoms. The number of anilines is 2. The van der Waals surface area contributed by atoms with Crippen molar-refractivity contribution in [3.05, 3.63) is 35.8 Å². The van der Waals surface area contributed by atoms with Crippen LogP contribution in [0.1, 0.15) is 36.8 Å². The average Bonchev–Trinajstić information content (AvgIpc) is 2.90. The highest BCUT2D eigenvalue weighted by Gasteiger charge is 2.19. The van der Waals surface area contributed by atoms with E-state index in [9.17, 15) is 4.79 Å². The predicted molar refractivity (Wildman–Crippen MR) is 79.0 cm³/mol. The molecule has 0 aliphatic carbocycles. The molecule has 2 aromatic heterocycles. The Hall–Kier alpha value is -2.37. The van der Waals surface area contributed by atoms with E-state index in [1.54, 1.807) is 31.6 Å². The zero-order chi connectivity index (χ0) is 14.8. The number of nitrogens with one attached hydrogen (secondary N) is 3. The Balaban J connectivity index is 2.33. The van der Waals surface area contributed by atoms with Gasteiger partial charge in [0.2, 0.25) is 5.95 Å². The highest BCUT2D eigenvalue weighted by molar-refractivity contribution is 6.03. The van der Waals surface area contributed by atoms with Gasteiger partial charge in [-0.15, -0.1) is 0 Å². The molecule has 20 heavy (non-hydrogen) atoms. The molecule has 0 saturated heterocycles. The normalized spacial score (nSPS) is 11.2. The zero-order valence-electron chi connectivity index (χ0n) is 12.1. The van der Waals surface area contributed by atoms with Crippen molar-refractivity contribution in [1.82, 2.24) is 15.0 Å². The molecular formula is C14H19N5O. The lowest BCUT2D eigenvalue weighted by Gasteiger charge is -2.19. The summed E-state index contributed by atoms with van der Waals surface area (Å²) < 4.78 is 0. The number of imidazole rings is 1. The second kappa shape index (κ2) is 5.32. The molecule has 2 aromatic rings. The van der Waals surface area contributed by atoms with Crippen LogP contribution in [0.5, 0.6) is 0 Å². The van der Waals surface area contributed by atoms with Crippen LogP contribution in [0.15, 0.2) is 24.5 Å². The minimum absolute atomic E-state index is 0.132. The van der Waals surface area contributed by atoms with E-state index >= 15 is 0 Å². The molecule has 0 saturated carbocycles. The summed E-state index contributed by atoms with van der Waals surface area (Å²) in [6.45, 7) is 6.18. The lowest BCUT2D eigenvalue weighted by molar-refractivity contribution is 0.102. The van der Waals surface area contributed by atoms with Crippen LogP contribution >= 0.6 is 0 Å². The maximum atomic E-state index is 12.2. The number of hydrogen-bond acceptors (Lipinski definition) is 4. The minimum atomic E-state index is -0.218. The van der Waals surface area contributed by atoms with Crippen LogP contribution in [-0.4, -0.2) is 27.9 Å². The first-order valence-electron chi connectivity index (χ1n) is 6.41. The summed E-state index contributed by atoms with van der Waals surface area (Å²) >= 11 is 0. The van der Waals surface area contributed by atoms with Crippen molar-refractivity contribution in [3.63, 3.8) is 0 Å². The van der Waals surface area contributed by atoms with E-state index in [1.807, 2.05) is 0 Å². The number of nitrogens with zero attached hydrogens (tertiary/aromatic N) is 2. The van der Waals surface area contributed by atoms with Crippen LogP contribution in [0, 0.1) is 0 Å². The van der Waals surface area contributed by atoms with Gasteiger partial charge in [-0.25, -0.2) is 9.97 Å². The van der Waals surface area contributed by atoms with E-state index in [2.05, 4.69) is 46.4 Å². The van der Waals surface area contributed by atoms with Gasteiger partial charge >= 0.3 is 0 Å². The highest BCUT2D eigenvalue weighted by Crippen LogP contribution is 2.23. The molecule has 106 valence electrons. The Morgan fingerprint density at radius 3 is 2.60 bits per heavy atom. The summed E-state index contributed by atoms with van der Waals surface area (Å²) in [5.41, 5.74) is 1.27. The topological polar surface area (TPSA) is 82.7 Å². The molecule has 2 rings (SSSR count). The van der Waals surface area contributed by atoms with E-state index in [4.69, 9.17) is 0 Å². The first-order chi connectivity index (χ1) is 9.40. The molecule has 3 N–H and O–H groups in total. The zero-order valence-corrected chi connectivity index (χ0v) is 12.1. The minimum Gasteiger partial charge on any atom is -0.373 e. The fraction of sp³-hybridized carbons (Fsp3) is 0.357. The standard InChI is InChI=1S/C14H19N5O/c1-14(2,3)10-7-9(8-11(15-4)18-10)12(20)19-13-16-5-6-17-13/h5-8H,1-4H3,(H,15,18)(H2,16,17,19,20). The van der Waals surface area contributed by atoms with Crippen molar-refractivity contribution in [2.45, 2.75) is 26.2 Å². The average molecular weight is 273 g/mol. The molecule has 1 amide bonds. The molecule has 6 nitrogen and oxygen atoms in total. The van der Waals surface area contributed by atoms with Crippen molar-refractivity contribution < 1.29 is 4.79 Å². The summed E-state index contributed by atoms with van der Waals surface area (Å²) in [4.78, 5) is 23.5. The number of hydrogen-bond donors (Lipinski definition) is 3. The first-order valence-corrected chi connectivity index (χ1v) is 6.41. The Labute approximate surface area is 118 Å². The summed E-state index contributed by atoms with van der Waals surface area (Å²) in [5.74, 6) is 0.876. The summed E-state index contributed by atoms with van der Waals surface area (Å²) in [6, 6.07) is 3.52. The van der Waals surface area contributed by atoms with Gasteiger partial charge in [0.05, 0.1) is 0 Å². The van der Waals surface area contributed by atoms with Gasteiger partial charge in [0.1, 0.15) is 5.82 Å². The van der Waals surface area contributed by atoms with Crippen molar-refractivity contribution in [1.29, 1.82) is 0 Å². The molecule has 0 bridgehead atoms. The van der Waals surface area contributed by atoms with Crippen molar-refractivity contribution >= 4 is 17.7 Å². The lowest BCUT2D eigenvalue weighted by atomic mass is 9.90. The molecule has 0 spiro atoms. The first kappa shape index (κ1) is 14.0. The van der Waals surface area contributed by atoms with E-state index in [0.717, 1.165) is 5.69 Å². The number of rotatable bonds is 3. The number of carbonyl (C=O) groups is 1. The van der Waals surface area contributed by atoms with Gasteiger partial charge < -0.3 is 10.3 Å². The quantitative estimate of drug-likeness (QED) is 0.802. The summed E-state index contributed by atoms with van der Waals surface area (Å²) in [6.07, 6.45) is 3.24. The third-order valence-corrected chi connectivity index (χ3v) is 2.84. The van der Waals surface area contributed by atoms with Crippen LogP contribution in [0.4, 0.5) is 11.8 Å². The van der Waals surface area contributed by atoms with Crippen molar-refractivity contribution in [2.24, 2.45) is 0 Å². The molecule has 2 heterocycles. The van der Waals surface area contributed by atoms with Crippen LogP contribution in [-0.2, 0) is 5.41 Å². The fourth-order valence-corrected chi connectivity index (χ4v) is 1.69. The second-order valence-corrected chi connectivity index (χ2v) is 5.52. The largest absolute Gasteiger partial charge is 0.373 e. The Bertz CT molecular complexity index is 599. The molecule has 0 atom stereocenters. The predicted octanol–water partition coefficient (Wildman–Crippen LogP) is 2.40. The fourth-order valence-electron chi connectivity index (χ4n) is 1.69. The van der Waals surface area contributed by atoms with Gasteiger partial charge in [-0.1, -0.05) is 20.8 Å². The van der Waals surface area contributed by atoms with E-state index in [0.29, 0.717) is 17.3 Å². The number of pyridine rings is 1. The Morgan fingerprint density at radius 2 is 2.05 bits per heavy atom. The van der Waals surface area contributed by atoms with E-state index < -0.39 is 0 Å². The Kier molecular flexibility index (Phi) is 3.74. The van der Waals surface area contributed by atoms with Crippen LogP contribution in [0.2, 0.25) is 0 Å². The molecule has 0 fully saturated rings. The van der Waals surface area contributed by atoms with Crippen LogP contribution < -0.4 is 10.6 Å². The summed E-state index contributed by atoms with van der Waals surface area (Å²) in [5, 5.41) is 5.69. The molecular weight excluding hydrogens is 254 g/mol. The van der Waals surface area contributed by atoms with E-state index in [-0.39, 0.29) is 11.3 Å². The number of H-pyrrole nitrogens is 1. The number of aromatic amines is 1.